The van der Waals surface area contributed by atoms with Gasteiger partial charge in [0.2, 0.25) is 5.56 Å². The first-order valence-corrected chi connectivity index (χ1v) is 3.80. The highest BCUT2D eigenvalue weighted by Gasteiger charge is 1.98. The molecule has 0 fully saturated rings. The Morgan fingerprint density at radius 2 is 2.30 bits per heavy atom. The van der Waals surface area contributed by atoms with E-state index in [1.165, 1.54) is 0 Å². The Hall–Kier alpha value is -0.640. The fourth-order valence-corrected chi connectivity index (χ4v) is 1.00. The summed E-state index contributed by atoms with van der Waals surface area (Å²) in [5.41, 5.74) is 0.00310. The quantitative estimate of drug-likeness (QED) is 0.692. The van der Waals surface area contributed by atoms with Crippen LogP contribution in [0.1, 0.15) is 5.69 Å². The number of hydrogen-bond acceptors (Lipinski definition) is 1. The van der Waals surface area contributed by atoms with Gasteiger partial charge >= 0.3 is 0 Å². The minimum atomic E-state index is -0.392. The van der Waals surface area contributed by atoms with E-state index in [9.17, 15) is 9.18 Å². The van der Waals surface area contributed by atoms with E-state index < -0.39 is 5.82 Å². The number of aromatic amines is 1. The van der Waals surface area contributed by atoms with Crippen molar-refractivity contribution in [3.8, 4) is 0 Å². The van der Waals surface area contributed by atoms with E-state index in [0.717, 1.165) is 12.1 Å². The summed E-state index contributed by atoms with van der Waals surface area (Å²) in [6, 6.07) is 2.30. The maximum absolute atomic E-state index is 12.6. The normalized spacial score (nSPS) is 9.80. The van der Waals surface area contributed by atoms with E-state index in [1.807, 2.05) is 0 Å². The van der Waals surface area contributed by atoms with Gasteiger partial charge in [-0.25, -0.2) is 4.39 Å². The van der Waals surface area contributed by atoms with Crippen molar-refractivity contribution < 1.29 is 4.39 Å². The van der Waals surface area contributed by atoms with Crippen LogP contribution >= 0.6 is 15.9 Å². The molecule has 0 aliphatic rings. The Kier molecular flexibility index (Phi) is 2.21. The SMILES string of the molecule is O=c1ccc(F)c(CBr)[nH]1. The molecule has 0 radical (unpaired) electrons. The molecular weight excluding hydrogens is 201 g/mol. The van der Waals surface area contributed by atoms with Crippen LogP contribution in [0.4, 0.5) is 4.39 Å². The van der Waals surface area contributed by atoms with Gasteiger partial charge in [-0.05, 0) is 6.07 Å². The van der Waals surface area contributed by atoms with Crippen molar-refractivity contribution in [1.29, 1.82) is 0 Å². The number of pyridine rings is 1. The van der Waals surface area contributed by atoms with Crippen LogP contribution < -0.4 is 5.56 Å². The second-order valence-electron chi connectivity index (χ2n) is 1.78. The number of nitrogens with one attached hydrogen (secondary N) is 1. The highest BCUT2D eigenvalue weighted by Crippen LogP contribution is 2.03. The van der Waals surface area contributed by atoms with Gasteiger partial charge in [0.1, 0.15) is 5.82 Å². The summed E-state index contributed by atoms with van der Waals surface area (Å²) in [6.45, 7) is 0. The van der Waals surface area contributed by atoms with Crippen molar-refractivity contribution in [3.63, 3.8) is 0 Å². The third-order valence-corrected chi connectivity index (χ3v) is 1.64. The molecular formula is C6H5BrFNO. The van der Waals surface area contributed by atoms with Crippen LogP contribution in [0.15, 0.2) is 16.9 Å². The molecule has 1 heterocycles. The minimum Gasteiger partial charge on any atom is -0.323 e. The maximum Gasteiger partial charge on any atom is 0.248 e. The zero-order valence-electron chi connectivity index (χ0n) is 5.03. The summed E-state index contributed by atoms with van der Waals surface area (Å²) in [6.07, 6.45) is 0. The molecule has 0 aliphatic carbocycles. The molecule has 0 aromatic carbocycles. The van der Waals surface area contributed by atoms with Gasteiger partial charge in [-0.1, -0.05) is 15.9 Å². The predicted octanol–water partition coefficient (Wildman–Crippen LogP) is 1.41. The molecule has 10 heavy (non-hydrogen) atoms. The fraction of sp³-hybridized carbons (Fsp3) is 0.167. The van der Waals surface area contributed by atoms with Crippen LogP contribution in [0, 0.1) is 5.82 Å². The molecule has 54 valence electrons. The lowest BCUT2D eigenvalue weighted by atomic mass is 10.4. The molecule has 0 aliphatic heterocycles. The number of halogens is 2. The summed E-state index contributed by atoms with van der Waals surface area (Å²) in [5.74, 6) is -0.392. The number of aromatic nitrogens is 1. The van der Waals surface area contributed by atoms with E-state index in [4.69, 9.17) is 0 Å². The van der Waals surface area contributed by atoms with Gasteiger partial charge in [-0.3, -0.25) is 4.79 Å². The van der Waals surface area contributed by atoms with E-state index >= 15 is 0 Å². The predicted molar refractivity (Wildman–Crippen MR) is 39.7 cm³/mol. The molecule has 0 bridgehead atoms. The third kappa shape index (κ3) is 1.44. The summed E-state index contributed by atoms with van der Waals surface area (Å²) in [5, 5.41) is 0.328. The topological polar surface area (TPSA) is 32.9 Å². The molecule has 0 saturated heterocycles. The largest absolute Gasteiger partial charge is 0.323 e. The molecule has 4 heteroatoms. The van der Waals surface area contributed by atoms with Crippen molar-refractivity contribution in [2.75, 3.05) is 0 Å². The minimum absolute atomic E-state index is 0.282. The standard InChI is InChI=1S/C6H5BrFNO/c7-3-5-4(8)1-2-6(10)9-5/h1-2H,3H2,(H,9,10). The molecule has 0 atom stereocenters. The fourth-order valence-electron chi connectivity index (χ4n) is 0.597. The highest BCUT2D eigenvalue weighted by molar-refractivity contribution is 9.08. The Morgan fingerprint density at radius 3 is 2.80 bits per heavy atom. The van der Waals surface area contributed by atoms with Crippen molar-refractivity contribution in [3.05, 3.63) is 34.0 Å². The van der Waals surface area contributed by atoms with Crippen molar-refractivity contribution >= 4 is 15.9 Å². The van der Waals surface area contributed by atoms with Gasteiger partial charge < -0.3 is 4.98 Å². The molecule has 2 nitrogen and oxygen atoms in total. The number of alkyl halides is 1. The first-order chi connectivity index (χ1) is 4.74. The Labute approximate surface area is 65.2 Å². The van der Waals surface area contributed by atoms with Gasteiger partial charge in [0, 0.05) is 11.4 Å². The van der Waals surface area contributed by atoms with Crippen LogP contribution in [0.3, 0.4) is 0 Å². The number of hydrogen-bond donors (Lipinski definition) is 1. The molecule has 1 N–H and O–H groups in total. The molecule has 1 rings (SSSR count). The highest BCUT2D eigenvalue weighted by atomic mass is 79.9. The first-order valence-electron chi connectivity index (χ1n) is 2.67. The lowest BCUT2D eigenvalue weighted by Crippen LogP contribution is -2.07. The van der Waals surface area contributed by atoms with E-state index in [0.29, 0.717) is 5.33 Å². The van der Waals surface area contributed by atoms with E-state index in [1.54, 1.807) is 0 Å². The molecule has 0 unspecified atom stereocenters. The molecule has 1 aromatic rings. The third-order valence-electron chi connectivity index (χ3n) is 1.08. The average Bonchev–Trinajstić information content (AvgIpc) is 1.94. The van der Waals surface area contributed by atoms with Gasteiger partial charge in [-0.15, -0.1) is 0 Å². The number of rotatable bonds is 1. The molecule has 0 amide bonds. The Morgan fingerprint density at radius 1 is 1.60 bits per heavy atom. The van der Waals surface area contributed by atoms with Crippen LogP contribution in [-0.4, -0.2) is 4.98 Å². The molecule has 1 aromatic heterocycles. The second-order valence-corrected chi connectivity index (χ2v) is 2.34. The van der Waals surface area contributed by atoms with Gasteiger partial charge in [0.05, 0.1) is 5.69 Å². The van der Waals surface area contributed by atoms with Crippen LogP contribution in [0.2, 0.25) is 0 Å². The summed E-state index contributed by atoms with van der Waals surface area (Å²) in [7, 11) is 0. The van der Waals surface area contributed by atoms with E-state index in [-0.39, 0.29) is 11.3 Å². The lowest BCUT2D eigenvalue weighted by molar-refractivity contribution is 0.607. The van der Waals surface area contributed by atoms with Crippen molar-refractivity contribution in [2.24, 2.45) is 0 Å². The second kappa shape index (κ2) is 2.96. The molecule has 0 saturated carbocycles. The zero-order chi connectivity index (χ0) is 7.56. The summed E-state index contributed by atoms with van der Waals surface area (Å²) >= 11 is 3.03. The van der Waals surface area contributed by atoms with E-state index in [2.05, 4.69) is 20.9 Å². The monoisotopic (exact) mass is 205 g/mol. The Balaban J connectivity index is 3.22. The summed E-state index contributed by atoms with van der Waals surface area (Å²) in [4.78, 5) is 12.9. The maximum atomic E-state index is 12.6. The summed E-state index contributed by atoms with van der Waals surface area (Å²) < 4.78 is 12.6. The van der Waals surface area contributed by atoms with Crippen molar-refractivity contribution in [2.45, 2.75) is 5.33 Å². The van der Waals surface area contributed by atoms with Crippen molar-refractivity contribution in [1.82, 2.24) is 4.98 Å². The van der Waals surface area contributed by atoms with Gasteiger partial charge in [0.15, 0.2) is 0 Å². The van der Waals surface area contributed by atoms with Crippen LogP contribution in [0.25, 0.3) is 0 Å². The van der Waals surface area contributed by atoms with Crippen LogP contribution in [-0.2, 0) is 5.33 Å². The average molecular weight is 206 g/mol. The van der Waals surface area contributed by atoms with Crippen LogP contribution in [0.5, 0.6) is 0 Å². The number of H-pyrrole nitrogens is 1. The first kappa shape index (κ1) is 7.47. The van der Waals surface area contributed by atoms with Gasteiger partial charge in [0.25, 0.3) is 0 Å². The smallest absolute Gasteiger partial charge is 0.248 e. The molecule has 0 spiro atoms. The van der Waals surface area contributed by atoms with Gasteiger partial charge in [-0.2, -0.15) is 0 Å². The zero-order valence-corrected chi connectivity index (χ0v) is 6.61. The lowest BCUT2D eigenvalue weighted by Gasteiger charge is -1.94. The Bertz CT molecular complexity index is 283.